The molecule has 2 aromatic carbocycles. The number of fused-ring (bicyclic) bond motifs is 1. The van der Waals surface area contributed by atoms with Crippen molar-refractivity contribution in [3.63, 3.8) is 0 Å². The lowest BCUT2D eigenvalue weighted by molar-refractivity contribution is 0.410. The Morgan fingerprint density at radius 2 is 1.75 bits per heavy atom. The summed E-state index contributed by atoms with van der Waals surface area (Å²) in [5.41, 5.74) is 1.24. The van der Waals surface area contributed by atoms with Gasteiger partial charge in [0.15, 0.2) is 0 Å². The van der Waals surface area contributed by atoms with Gasteiger partial charge in [0.2, 0.25) is 0 Å². The first kappa shape index (κ1) is 10.8. The van der Waals surface area contributed by atoms with E-state index in [4.69, 9.17) is 9.47 Å². The van der Waals surface area contributed by atoms with Crippen LogP contribution in [0.25, 0.3) is 10.8 Å². The molecule has 2 heteroatoms. The van der Waals surface area contributed by atoms with E-state index in [0.717, 1.165) is 23.3 Å². The summed E-state index contributed by atoms with van der Waals surface area (Å²) in [6.45, 7) is 2.13. The van der Waals surface area contributed by atoms with E-state index in [1.165, 1.54) is 10.9 Å². The summed E-state index contributed by atoms with van der Waals surface area (Å²) in [5, 5.41) is 2.37. The molecule has 0 N–H and O–H groups in total. The molecule has 0 unspecified atom stereocenters. The molecule has 0 saturated carbocycles. The highest BCUT2D eigenvalue weighted by Crippen LogP contribution is 2.28. The lowest BCUT2D eigenvalue weighted by Gasteiger charge is -2.09. The van der Waals surface area contributed by atoms with E-state index in [0.29, 0.717) is 0 Å². The molecular formula is C14H16O2. The van der Waals surface area contributed by atoms with Gasteiger partial charge in [-0.1, -0.05) is 13.0 Å². The molecule has 0 atom stereocenters. The van der Waals surface area contributed by atoms with Crippen molar-refractivity contribution in [3.05, 3.63) is 35.9 Å². The van der Waals surface area contributed by atoms with Crippen molar-refractivity contribution in [2.45, 2.75) is 13.3 Å². The molecule has 0 spiro atoms. The van der Waals surface area contributed by atoms with Crippen molar-refractivity contribution in [3.8, 4) is 11.5 Å². The van der Waals surface area contributed by atoms with Crippen molar-refractivity contribution in [2.24, 2.45) is 0 Å². The van der Waals surface area contributed by atoms with Gasteiger partial charge in [0, 0.05) is 0 Å². The maximum Gasteiger partial charge on any atom is 0.122 e. The normalized spacial score (nSPS) is 10.4. The van der Waals surface area contributed by atoms with E-state index in [-0.39, 0.29) is 0 Å². The van der Waals surface area contributed by atoms with Crippen LogP contribution in [0, 0.1) is 0 Å². The summed E-state index contributed by atoms with van der Waals surface area (Å²) in [4.78, 5) is 0. The lowest BCUT2D eigenvalue weighted by Crippen LogP contribution is -1.91. The summed E-state index contributed by atoms with van der Waals surface area (Å²) in [5.74, 6) is 1.82. The van der Waals surface area contributed by atoms with Crippen LogP contribution >= 0.6 is 0 Å². The third kappa shape index (κ3) is 1.83. The number of hydrogen-bond donors (Lipinski definition) is 0. The molecule has 0 aliphatic rings. The largest absolute Gasteiger partial charge is 0.497 e. The molecule has 84 valence electrons. The van der Waals surface area contributed by atoms with Gasteiger partial charge < -0.3 is 9.47 Å². The Labute approximate surface area is 95.8 Å². The van der Waals surface area contributed by atoms with Gasteiger partial charge in [-0.2, -0.15) is 0 Å². The molecule has 0 aromatic heterocycles. The maximum atomic E-state index is 5.38. The predicted octanol–water partition coefficient (Wildman–Crippen LogP) is 3.42. The van der Waals surface area contributed by atoms with Gasteiger partial charge in [0.1, 0.15) is 11.5 Å². The average molecular weight is 216 g/mol. The second-order valence-electron chi connectivity index (χ2n) is 3.73. The fourth-order valence-electron chi connectivity index (χ4n) is 1.90. The third-order valence-corrected chi connectivity index (χ3v) is 2.83. The van der Waals surface area contributed by atoms with Crippen molar-refractivity contribution < 1.29 is 9.47 Å². The molecule has 0 amide bonds. The smallest absolute Gasteiger partial charge is 0.122 e. The minimum Gasteiger partial charge on any atom is -0.497 e. The molecule has 16 heavy (non-hydrogen) atoms. The minimum atomic E-state index is 0.874. The number of hydrogen-bond acceptors (Lipinski definition) is 2. The molecule has 0 aliphatic heterocycles. The van der Waals surface area contributed by atoms with E-state index in [9.17, 15) is 0 Å². The average Bonchev–Trinajstić information content (AvgIpc) is 2.36. The van der Waals surface area contributed by atoms with E-state index in [2.05, 4.69) is 25.1 Å². The van der Waals surface area contributed by atoms with Crippen molar-refractivity contribution >= 4 is 10.8 Å². The highest BCUT2D eigenvalue weighted by molar-refractivity contribution is 5.86. The Bertz CT molecular complexity index is 503. The molecule has 0 heterocycles. The van der Waals surface area contributed by atoms with E-state index >= 15 is 0 Å². The standard InChI is InChI=1S/C14H16O2/c1-4-10-7-11-5-6-13(15-2)8-12(11)9-14(10)16-3/h5-9H,4H2,1-3H3. The van der Waals surface area contributed by atoms with Crippen molar-refractivity contribution in [2.75, 3.05) is 14.2 Å². The third-order valence-electron chi connectivity index (χ3n) is 2.83. The first-order valence-corrected chi connectivity index (χ1v) is 5.43. The van der Waals surface area contributed by atoms with Crippen molar-refractivity contribution in [1.29, 1.82) is 0 Å². The van der Waals surface area contributed by atoms with Crippen LogP contribution in [0.15, 0.2) is 30.3 Å². The predicted molar refractivity (Wildman–Crippen MR) is 66.4 cm³/mol. The molecule has 0 radical (unpaired) electrons. The van der Waals surface area contributed by atoms with Gasteiger partial charge in [0.05, 0.1) is 14.2 Å². The summed E-state index contributed by atoms with van der Waals surface area (Å²) >= 11 is 0. The van der Waals surface area contributed by atoms with E-state index < -0.39 is 0 Å². The van der Waals surface area contributed by atoms with Gasteiger partial charge >= 0.3 is 0 Å². The Morgan fingerprint density at radius 1 is 0.938 bits per heavy atom. The molecule has 0 saturated heterocycles. The second kappa shape index (κ2) is 4.44. The van der Waals surface area contributed by atoms with Crippen LogP contribution in [0.4, 0.5) is 0 Å². The Balaban J connectivity index is 2.63. The maximum absolute atomic E-state index is 5.38. The summed E-state index contributed by atoms with van der Waals surface area (Å²) < 4.78 is 10.6. The topological polar surface area (TPSA) is 18.5 Å². The number of aryl methyl sites for hydroxylation is 1. The van der Waals surface area contributed by atoms with Crippen molar-refractivity contribution in [1.82, 2.24) is 0 Å². The first-order valence-electron chi connectivity index (χ1n) is 5.43. The van der Waals surface area contributed by atoms with E-state index in [1.807, 2.05) is 12.1 Å². The van der Waals surface area contributed by atoms with Crippen LogP contribution in [-0.4, -0.2) is 14.2 Å². The molecule has 0 fully saturated rings. The van der Waals surface area contributed by atoms with Gasteiger partial charge in [-0.05, 0) is 47.0 Å². The zero-order chi connectivity index (χ0) is 11.5. The Morgan fingerprint density at radius 3 is 2.38 bits per heavy atom. The summed E-state index contributed by atoms with van der Waals surface area (Å²) in [7, 11) is 3.39. The highest BCUT2D eigenvalue weighted by Gasteiger charge is 2.04. The van der Waals surface area contributed by atoms with Gasteiger partial charge in [0.25, 0.3) is 0 Å². The number of ether oxygens (including phenoxy) is 2. The van der Waals surface area contributed by atoms with Crippen LogP contribution in [0.2, 0.25) is 0 Å². The van der Waals surface area contributed by atoms with Crippen LogP contribution in [-0.2, 0) is 6.42 Å². The van der Waals surface area contributed by atoms with E-state index in [1.54, 1.807) is 14.2 Å². The number of rotatable bonds is 3. The van der Waals surface area contributed by atoms with Crippen LogP contribution < -0.4 is 9.47 Å². The lowest BCUT2D eigenvalue weighted by atomic mass is 10.0. The van der Waals surface area contributed by atoms with Gasteiger partial charge in [-0.3, -0.25) is 0 Å². The van der Waals surface area contributed by atoms with Gasteiger partial charge in [-0.25, -0.2) is 0 Å². The Hall–Kier alpha value is -1.70. The molecule has 2 rings (SSSR count). The summed E-state index contributed by atoms with van der Waals surface area (Å²) in [6, 6.07) is 10.3. The fraction of sp³-hybridized carbons (Fsp3) is 0.286. The molecule has 2 nitrogen and oxygen atoms in total. The summed E-state index contributed by atoms with van der Waals surface area (Å²) in [6.07, 6.45) is 0.977. The fourth-order valence-corrected chi connectivity index (χ4v) is 1.90. The number of methoxy groups -OCH3 is 2. The SMILES string of the molecule is CCc1cc2ccc(OC)cc2cc1OC. The molecule has 0 bridgehead atoms. The monoisotopic (exact) mass is 216 g/mol. The molecule has 0 aliphatic carbocycles. The van der Waals surface area contributed by atoms with Gasteiger partial charge in [-0.15, -0.1) is 0 Å². The Kier molecular flexibility index (Phi) is 3.00. The zero-order valence-corrected chi connectivity index (χ0v) is 9.91. The minimum absolute atomic E-state index is 0.874. The highest BCUT2D eigenvalue weighted by atomic mass is 16.5. The van der Waals surface area contributed by atoms with Crippen LogP contribution in [0.3, 0.4) is 0 Å². The zero-order valence-electron chi connectivity index (χ0n) is 9.91. The second-order valence-corrected chi connectivity index (χ2v) is 3.73. The first-order chi connectivity index (χ1) is 7.78. The molecular weight excluding hydrogens is 200 g/mol. The molecule has 2 aromatic rings. The van der Waals surface area contributed by atoms with Crippen LogP contribution in [0.5, 0.6) is 11.5 Å². The van der Waals surface area contributed by atoms with Crippen LogP contribution in [0.1, 0.15) is 12.5 Å². The number of benzene rings is 2. The quantitative estimate of drug-likeness (QED) is 0.782.